The van der Waals surface area contributed by atoms with Crippen molar-refractivity contribution in [3.63, 3.8) is 0 Å². The first kappa shape index (κ1) is 17.7. The molecule has 2 atom stereocenters. The minimum atomic E-state index is 0.682. The molecule has 0 amide bonds. The van der Waals surface area contributed by atoms with Crippen LogP contribution < -0.4 is 4.90 Å². The summed E-state index contributed by atoms with van der Waals surface area (Å²) in [7, 11) is 0. The molecule has 146 valence electrons. The first-order valence-corrected chi connectivity index (χ1v) is 10.5. The largest absolute Gasteiger partial charge is 0.356 e. The number of fused-ring (bicyclic) bond motifs is 1. The second kappa shape index (κ2) is 6.89. The molecule has 2 saturated heterocycles. The summed E-state index contributed by atoms with van der Waals surface area (Å²) >= 11 is 1.70. The molecule has 2 fully saturated rings. The van der Waals surface area contributed by atoms with E-state index in [-0.39, 0.29) is 0 Å². The zero-order valence-corrected chi connectivity index (χ0v) is 17.2. The normalized spacial score (nSPS) is 22.2. The lowest BCUT2D eigenvalue weighted by Gasteiger charge is -2.21. The smallest absolute Gasteiger partial charge is 0.159 e. The number of hydrogen-bond donors (Lipinski definition) is 0. The van der Waals surface area contributed by atoms with Crippen LogP contribution in [0.15, 0.2) is 18.5 Å². The van der Waals surface area contributed by atoms with Gasteiger partial charge >= 0.3 is 0 Å². The van der Waals surface area contributed by atoms with Crippen molar-refractivity contribution in [2.75, 3.05) is 31.1 Å². The summed E-state index contributed by atoms with van der Waals surface area (Å²) in [6.45, 7) is 11.3. The number of hydrogen-bond acceptors (Lipinski definition) is 8. The Balaban J connectivity index is 1.27. The fourth-order valence-corrected chi connectivity index (χ4v) is 5.24. The summed E-state index contributed by atoms with van der Waals surface area (Å²) in [4.78, 5) is 13.9. The summed E-state index contributed by atoms with van der Waals surface area (Å²) in [6, 6.07) is 4.12. The first-order chi connectivity index (χ1) is 13.5. The third-order valence-electron chi connectivity index (χ3n) is 5.68. The van der Waals surface area contributed by atoms with E-state index < -0.39 is 0 Å². The molecule has 0 saturated carbocycles. The molecule has 3 aromatic heterocycles. The molecule has 0 radical (unpaired) electrons. The van der Waals surface area contributed by atoms with Crippen LogP contribution in [0.1, 0.15) is 21.4 Å². The van der Waals surface area contributed by atoms with Gasteiger partial charge in [-0.15, -0.1) is 21.5 Å². The molecule has 2 aliphatic rings. The molecule has 0 N–H and O–H groups in total. The van der Waals surface area contributed by atoms with Gasteiger partial charge in [-0.1, -0.05) is 0 Å². The standard InChI is InChI=1S/C19H24N8S/c1-12-4-13(2)27(24-12)18-5-17(20-11-21-18)26-8-15-6-25(7-16(15)9-26)10-19-23-22-14(3)28-19/h4-5,11,15-16H,6-10H2,1-3H3. The minimum absolute atomic E-state index is 0.682. The molecule has 0 aromatic carbocycles. The second-order valence-corrected chi connectivity index (χ2v) is 9.17. The van der Waals surface area contributed by atoms with Gasteiger partial charge in [0.05, 0.1) is 12.2 Å². The first-order valence-electron chi connectivity index (χ1n) is 9.67. The fraction of sp³-hybridized carbons (Fsp3) is 0.526. The van der Waals surface area contributed by atoms with Crippen LogP contribution in [0.4, 0.5) is 5.82 Å². The maximum atomic E-state index is 4.55. The van der Waals surface area contributed by atoms with Crippen LogP contribution in [-0.2, 0) is 6.54 Å². The quantitative estimate of drug-likeness (QED) is 0.668. The van der Waals surface area contributed by atoms with Gasteiger partial charge in [-0.3, -0.25) is 4.90 Å². The van der Waals surface area contributed by atoms with E-state index in [9.17, 15) is 0 Å². The SMILES string of the molecule is Cc1cc(C)n(-c2cc(N3CC4CN(Cc5nnc(C)s5)CC4C3)ncn2)n1. The molecule has 0 aliphatic carbocycles. The van der Waals surface area contributed by atoms with E-state index in [0.29, 0.717) is 11.8 Å². The van der Waals surface area contributed by atoms with Gasteiger partial charge < -0.3 is 4.90 Å². The second-order valence-electron chi connectivity index (χ2n) is 7.91. The van der Waals surface area contributed by atoms with Crippen molar-refractivity contribution in [2.45, 2.75) is 27.3 Å². The summed E-state index contributed by atoms with van der Waals surface area (Å²) in [5.74, 6) is 3.20. The van der Waals surface area contributed by atoms with Gasteiger partial charge in [-0.05, 0) is 38.7 Å². The monoisotopic (exact) mass is 396 g/mol. The van der Waals surface area contributed by atoms with E-state index >= 15 is 0 Å². The van der Waals surface area contributed by atoms with E-state index in [1.165, 1.54) is 0 Å². The molecule has 2 unspecified atom stereocenters. The van der Waals surface area contributed by atoms with Crippen LogP contribution >= 0.6 is 11.3 Å². The van der Waals surface area contributed by atoms with Gasteiger partial charge in [-0.25, -0.2) is 14.6 Å². The van der Waals surface area contributed by atoms with Crippen molar-refractivity contribution in [3.05, 3.63) is 39.9 Å². The Labute approximate surface area is 168 Å². The van der Waals surface area contributed by atoms with Gasteiger partial charge in [0.2, 0.25) is 0 Å². The van der Waals surface area contributed by atoms with E-state index in [2.05, 4.69) is 54.1 Å². The van der Waals surface area contributed by atoms with Gasteiger partial charge in [0.1, 0.15) is 22.2 Å². The van der Waals surface area contributed by atoms with Crippen LogP contribution in [0.3, 0.4) is 0 Å². The molecule has 3 aromatic rings. The van der Waals surface area contributed by atoms with Crippen molar-refractivity contribution in [1.82, 2.24) is 34.8 Å². The maximum Gasteiger partial charge on any atom is 0.159 e. The van der Waals surface area contributed by atoms with Crippen molar-refractivity contribution < 1.29 is 0 Å². The number of anilines is 1. The lowest BCUT2D eigenvalue weighted by Crippen LogP contribution is -2.29. The summed E-state index contributed by atoms with van der Waals surface area (Å²) < 4.78 is 1.89. The van der Waals surface area contributed by atoms with Gasteiger partial charge in [-0.2, -0.15) is 5.10 Å². The predicted octanol–water partition coefficient (Wildman–Crippen LogP) is 2.01. The van der Waals surface area contributed by atoms with Crippen LogP contribution in [0, 0.1) is 32.6 Å². The molecule has 5 rings (SSSR count). The highest BCUT2D eigenvalue weighted by atomic mass is 32.1. The summed E-state index contributed by atoms with van der Waals surface area (Å²) in [5, 5.41) is 15.1. The molecular formula is C19H24N8S. The molecule has 8 nitrogen and oxygen atoms in total. The Morgan fingerprint density at radius 3 is 2.36 bits per heavy atom. The highest BCUT2D eigenvalue weighted by Gasteiger charge is 2.40. The van der Waals surface area contributed by atoms with Crippen molar-refractivity contribution in [2.24, 2.45) is 11.8 Å². The Hall–Kier alpha value is -2.39. The Bertz CT molecular complexity index is 981. The van der Waals surface area contributed by atoms with Crippen LogP contribution in [0.2, 0.25) is 0 Å². The molecular weight excluding hydrogens is 372 g/mol. The number of rotatable bonds is 4. The zero-order chi connectivity index (χ0) is 19.3. The van der Waals surface area contributed by atoms with Gasteiger partial charge in [0, 0.05) is 37.9 Å². The summed E-state index contributed by atoms with van der Waals surface area (Å²) in [5.41, 5.74) is 2.09. The van der Waals surface area contributed by atoms with Crippen molar-refractivity contribution in [1.29, 1.82) is 0 Å². The summed E-state index contributed by atoms with van der Waals surface area (Å²) in [6.07, 6.45) is 1.65. The number of nitrogens with zero attached hydrogens (tertiary/aromatic N) is 8. The highest BCUT2D eigenvalue weighted by molar-refractivity contribution is 7.11. The van der Waals surface area contributed by atoms with Crippen LogP contribution in [-0.4, -0.2) is 61.0 Å². The number of aryl methyl sites for hydroxylation is 3. The third-order valence-corrected chi connectivity index (χ3v) is 6.50. The molecule has 5 heterocycles. The average molecular weight is 397 g/mol. The van der Waals surface area contributed by atoms with E-state index in [0.717, 1.165) is 65.8 Å². The van der Waals surface area contributed by atoms with E-state index in [1.54, 1.807) is 17.7 Å². The maximum absolute atomic E-state index is 4.55. The molecule has 0 spiro atoms. The van der Waals surface area contributed by atoms with Crippen molar-refractivity contribution in [3.8, 4) is 5.82 Å². The zero-order valence-electron chi connectivity index (χ0n) is 16.4. The Morgan fingerprint density at radius 2 is 1.71 bits per heavy atom. The van der Waals surface area contributed by atoms with Gasteiger partial charge in [0.15, 0.2) is 5.82 Å². The molecule has 0 bridgehead atoms. The molecule has 2 aliphatic heterocycles. The topological polar surface area (TPSA) is 75.9 Å². The molecule has 9 heteroatoms. The third kappa shape index (κ3) is 3.29. The highest BCUT2D eigenvalue weighted by Crippen LogP contribution is 2.34. The van der Waals surface area contributed by atoms with Crippen LogP contribution in [0.25, 0.3) is 5.82 Å². The lowest BCUT2D eigenvalue weighted by atomic mass is 10.0. The Kier molecular flexibility index (Phi) is 4.36. The predicted molar refractivity (Wildman–Crippen MR) is 108 cm³/mol. The van der Waals surface area contributed by atoms with Crippen LogP contribution in [0.5, 0.6) is 0 Å². The molecule has 28 heavy (non-hydrogen) atoms. The number of likely N-dealkylation sites (tertiary alicyclic amines) is 1. The lowest BCUT2D eigenvalue weighted by molar-refractivity contribution is 0.307. The fourth-order valence-electron chi connectivity index (χ4n) is 4.49. The average Bonchev–Trinajstić information content (AvgIpc) is 3.40. The minimum Gasteiger partial charge on any atom is -0.356 e. The van der Waals surface area contributed by atoms with E-state index in [1.807, 2.05) is 18.5 Å². The van der Waals surface area contributed by atoms with E-state index in [4.69, 9.17) is 0 Å². The Morgan fingerprint density at radius 1 is 0.964 bits per heavy atom. The van der Waals surface area contributed by atoms with Gasteiger partial charge in [0.25, 0.3) is 0 Å². The van der Waals surface area contributed by atoms with Crippen molar-refractivity contribution >= 4 is 17.2 Å². The number of aromatic nitrogens is 6.